The first-order chi connectivity index (χ1) is 7.74. The Balaban J connectivity index is 1.52. The Morgan fingerprint density at radius 2 is 2.19 bits per heavy atom. The smallest absolute Gasteiger partial charge is 0.311 e. The Morgan fingerprint density at radius 1 is 1.31 bits per heavy atom. The number of hydrogen-bond acceptors (Lipinski definition) is 3. The molecule has 4 fully saturated rings. The second-order valence-electron chi connectivity index (χ2n) is 5.87. The van der Waals surface area contributed by atoms with Gasteiger partial charge in [0.15, 0.2) is 0 Å². The van der Waals surface area contributed by atoms with Gasteiger partial charge in [0.25, 0.3) is 0 Å². The van der Waals surface area contributed by atoms with Crippen LogP contribution in [0.1, 0.15) is 39.0 Å². The Labute approximate surface area is 96.9 Å². The minimum Gasteiger partial charge on any atom is -0.462 e. The third kappa shape index (κ3) is 1.75. The van der Waals surface area contributed by atoms with Crippen LogP contribution in [-0.4, -0.2) is 24.7 Å². The molecule has 4 rings (SSSR count). The first-order valence-corrected chi connectivity index (χ1v) is 6.68. The number of fused-ring (bicyclic) bond motifs is 1. The molecule has 3 heteroatoms. The lowest BCUT2D eigenvalue weighted by atomic mass is 9.74. The second-order valence-corrected chi connectivity index (χ2v) is 5.87. The molecule has 2 bridgehead atoms. The van der Waals surface area contributed by atoms with Crippen LogP contribution in [0, 0.1) is 17.8 Å². The fraction of sp³-hybridized carbons (Fsp3) is 0.923. The van der Waals surface area contributed by atoms with Crippen molar-refractivity contribution < 1.29 is 9.53 Å². The number of ether oxygens (including phenoxy) is 1. The van der Waals surface area contributed by atoms with E-state index in [0.29, 0.717) is 12.0 Å². The summed E-state index contributed by atoms with van der Waals surface area (Å²) in [4.78, 5) is 12.0. The summed E-state index contributed by atoms with van der Waals surface area (Å²) in [7, 11) is 0. The van der Waals surface area contributed by atoms with Crippen LogP contribution in [0.4, 0.5) is 0 Å². The summed E-state index contributed by atoms with van der Waals surface area (Å²) in [6, 6.07) is 0.429. The summed E-state index contributed by atoms with van der Waals surface area (Å²) in [5.41, 5.74) is 0. The summed E-state index contributed by atoms with van der Waals surface area (Å²) in [5, 5.41) is 3.37. The van der Waals surface area contributed by atoms with Crippen LogP contribution in [0.15, 0.2) is 0 Å². The maximum absolute atomic E-state index is 12.0. The van der Waals surface area contributed by atoms with Crippen LogP contribution in [0.25, 0.3) is 0 Å². The van der Waals surface area contributed by atoms with Crippen LogP contribution in [-0.2, 0) is 9.53 Å². The first-order valence-electron chi connectivity index (χ1n) is 6.68. The monoisotopic (exact) mass is 223 g/mol. The Hall–Kier alpha value is -0.570. The van der Waals surface area contributed by atoms with Crippen LogP contribution in [0.2, 0.25) is 0 Å². The molecule has 4 aliphatic rings. The fourth-order valence-electron chi connectivity index (χ4n) is 3.56. The zero-order valence-corrected chi connectivity index (χ0v) is 9.95. The topological polar surface area (TPSA) is 38.3 Å². The van der Waals surface area contributed by atoms with Crippen molar-refractivity contribution in [3.63, 3.8) is 0 Å². The largest absolute Gasteiger partial charge is 0.462 e. The van der Waals surface area contributed by atoms with Crippen LogP contribution < -0.4 is 5.32 Å². The molecule has 90 valence electrons. The number of esters is 1. The molecule has 2 aliphatic carbocycles. The summed E-state index contributed by atoms with van der Waals surface area (Å²) >= 11 is 0. The molecule has 16 heavy (non-hydrogen) atoms. The molecular formula is C13H21NO2. The van der Waals surface area contributed by atoms with E-state index in [0.717, 1.165) is 25.3 Å². The highest BCUT2D eigenvalue weighted by molar-refractivity contribution is 5.75. The van der Waals surface area contributed by atoms with Gasteiger partial charge < -0.3 is 10.1 Å². The van der Waals surface area contributed by atoms with E-state index in [4.69, 9.17) is 4.74 Å². The molecule has 2 saturated carbocycles. The van der Waals surface area contributed by atoms with Gasteiger partial charge in [-0.1, -0.05) is 13.3 Å². The van der Waals surface area contributed by atoms with E-state index < -0.39 is 0 Å². The molecule has 0 aromatic heterocycles. The van der Waals surface area contributed by atoms with Gasteiger partial charge in [-0.25, -0.2) is 0 Å². The number of carbonyl (C=O) groups excluding carboxylic acids is 1. The number of hydrogen-bond donors (Lipinski definition) is 1. The lowest BCUT2D eigenvalue weighted by molar-refractivity contribution is -0.161. The van der Waals surface area contributed by atoms with Crippen molar-refractivity contribution in [1.82, 2.24) is 5.32 Å². The van der Waals surface area contributed by atoms with E-state index >= 15 is 0 Å². The number of rotatable bonds is 2. The van der Waals surface area contributed by atoms with Crippen LogP contribution >= 0.6 is 0 Å². The van der Waals surface area contributed by atoms with Crippen molar-refractivity contribution >= 4 is 5.97 Å². The highest BCUT2D eigenvalue weighted by atomic mass is 16.5. The molecular weight excluding hydrogens is 202 g/mol. The van der Waals surface area contributed by atoms with Crippen molar-refractivity contribution in [2.24, 2.45) is 17.8 Å². The van der Waals surface area contributed by atoms with Crippen LogP contribution in [0.3, 0.4) is 0 Å². The molecule has 5 atom stereocenters. The molecule has 0 aromatic rings. The lowest BCUT2D eigenvalue weighted by Crippen LogP contribution is -2.44. The van der Waals surface area contributed by atoms with Gasteiger partial charge in [0.05, 0.1) is 5.92 Å². The second kappa shape index (κ2) is 4.02. The van der Waals surface area contributed by atoms with Gasteiger partial charge in [0.2, 0.25) is 0 Å². The van der Waals surface area contributed by atoms with Crippen molar-refractivity contribution in [3.05, 3.63) is 0 Å². The number of carbonyl (C=O) groups is 1. The molecule has 3 nitrogen and oxygen atoms in total. The molecule has 0 spiro atoms. The Kier molecular flexibility index (Phi) is 2.66. The third-order valence-corrected chi connectivity index (χ3v) is 4.58. The van der Waals surface area contributed by atoms with Gasteiger partial charge in [-0.05, 0) is 44.1 Å². The van der Waals surface area contributed by atoms with Gasteiger partial charge in [-0.3, -0.25) is 4.79 Å². The molecule has 2 heterocycles. The Morgan fingerprint density at radius 3 is 2.81 bits per heavy atom. The standard InChI is InChI=1S/C13H21NO2/c1-8-3-2-4-10(5-8)16-13(15)12-9-6-11(12)14-7-9/h8-12,14H,2-7H2,1H3. The highest BCUT2D eigenvalue weighted by Crippen LogP contribution is 2.41. The molecule has 2 aliphatic heterocycles. The number of nitrogens with one attached hydrogen (secondary N) is 1. The van der Waals surface area contributed by atoms with Gasteiger partial charge >= 0.3 is 5.97 Å². The maximum Gasteiger partial charge on any atom is 0.311 e. The van der Waals surface area contributed by atoms with E-state index in [-0.39, 0.29) is 18.0 Å². The average Bonchev–Trinajstić information content (AvgIpc) is 2.78. The van der Waals surface area contributed by atoms with E-state index in [1.165, 1.54) is 19.3 Å². The summed E-state index contributed by atoms with van der Waals surface area (Å²) < 4.78 is 5.67. The summed E-state index contributed by atoms with van der Waals surface area (Å²) in [5.74, 6) is 1.55. The van der Waals surface area contributed by atoms with Crippen molar-refractivity contribution in [1.29, 1.82) is 0 Å². The molecule has 1 N–H and O–H groups in total. The van der Waals surface area contributed by atoms with Crippen LogP contribution in [0.5, 0.6) is 0 Å². The van der Waals surface area contributed by atoms with Crippen molar-refractivity contribution in [2.45, 2.75) is 51.2 Å². The molecule has 0 amide bonds. The summed E-state index contributed by atoms with van der Waals surface area (Å²) in [6.45, 7) is 3.28. The third-order valence-electron chi connectivity index (χ3n) is 4.58. The fourth-order valence-corrected chi connectivity index (χ4v) is 3.56. The van der Waals surface area contributed by atoms with Gasteiger partial charge in [0.1, 0.15) is 6.10 Å². The predicted molar refractivity (Wildman–Crippen MR) is 60.9 cm³/mol. The van der Waals surface area contributed by atoms with Gasteiger partial charge in [-0.15, -0.1) is 0 Å². The molecule has 0 aromatic carbocycles. The zero-order chi connectivity index (χ0) is 11.1. The maximum atomic E-state index is 12.0. The van der Waals surface area contributed by atoms with Gasteiger partial charge in [-0.2, -0.15) is 0 Å². The summed E-state index contributed by atoms with van der Waals surface area (Å²) in [6.07, 6.45) is 6.04. The molecule has 0 radical (unpaired) electrons. The predicted octanol–water partition coefficient (Wildman–Crippen LogP) is 1.72. The zero-order valence-electron chi connectivity index (χ0n) is 9.95. The first kappa shape index (κ1) is 10.6. The van der Waals surface area contributed by atoms with E-state index in [1.54, 1.807) is 0 Å². The van der Waals surface area contributed by atoms with E-state index in [2.05, 4.69) is 12.2 Å². The molecule has 5 unspecified atom stereocenters. The minimum atomic E-state index is 0.0744. The normalized spacial score (nSPS) is 46.2. The Bertz CT molecular complexity index is 278. The average molecular weight is 223 g/mol. The quantitative estimate of drug-likeness (QED) is 0.724. The van der Waals surface area contributed by atoms with E-state index in [9.17, 15) is 4.79 Å². The van der Waals surface area contributed by atoms with Crippen molar-refractivity contribution in [2.75, 3.05) is 6.54 Å². The van der Waals surface area contributed by atoms with Gasteiger partial charge in [0, 0.05) is 6.04 Å². The lowest BCUT2D eigenvalue weighted by Gasteiger charge is -2.35. The SMILES string of the molecule is CC1CCCC(OC(=O)C2C3CNC2C3)C1. The van der Waals surface area contributed by atoms with E-state index in [1.807, 2.05) is 0 Å². The minimum absolute atomic E-state index is 0.0744. The molecule has 2 saturated heterocycles. The van der Waals surface area contributed by atoms with Crippen molar-refractivity contribution in [3.8, 4) is 0 Å². The highest BCUT2D eigenvalue weighted by Gasteiger charge is 2.51.